The molecule has 0 aliphatic carbocycles. The number of amides is 1. The van der Waals surface area contributed by atoms with Crippen LogP contribution in [0.1, 0.15) is 25.3 Å². The summed E-state index contributed by atoms with van der Waals surface area (Å²) in [5.41, 5.74) is 0.974. The zero-order valence-electron chi connectivity index (χ0n) is 12.7. The lowest BCUT2D eigenvalue weighted by atomic mass is 10.1. The van der Waals surface area contributed by atoms with Gasteiger partial charge in [-0.05, 0) is 30.8 Å². The number of rotatable bonds is 7. The van der Waals surface area contributed by atoms with Crippen LogP contribution in [0.4, 0.5) is 0 Å². The van der Waals surface area contributed by atoms with Gasteiger partial charge in [0.1, 0.15) is 11.4 Å². The molecule has 0 saturated carbocycles. The third-order valence-electron chi connectivity index (χ3n) is 3.27. The lowest BCUT2D eigenvalue weighted by Gasteiger charge is -2.12. The first-order chi connectivity index (χ1) is 11.0. The summed E-state index contributed by atoms with van der Waals surface area (Å²) in [7, 11) is 0. The number of ether oxygens (including phenoxy) is 1. The van der Waals surface area contributed by atoms with Crippen molar-refractivity contribution in [3.05, 3.63) is 35.5 Å². The molecule has 0 spiro atoms. The number of benzene rings is 1. The van der Waals surface area contributed by atoms with E-state index in [4.69, 9.17) is 22.1 Å². The molecule has 1 aromatic rings. The molecule has 0 atom stereocenters. The Morgan fingerprint density at radius 3 is 2.87 bits per heavy atom. The van der Waals surface area contributed by atoms with Gasteiger partial charge in [-0.3, -0.25) is 9.69 Å². The minimum absolute atomic E-state index is 0.184. The Hall–Kier alpha value is -2.41. The van der Waals surface area contributed by atoms with E-state index in [1.807, 2.05) is 6.92 Å². The van der Waals surface area contributed by atoms with Crippen molar-refractivity contribution in [3.8, 4) is 5.75 Å². The molecule has 0 radical (unpaired) electrons. The number of hydrogen-bond acceptors (Lipinski definition) is 4. The van der Waals surface area contributed by atoms with E-state index in [1.54, 1.807) is 30.3 Å². The first kappa shape index (κ1) is 17.0. The zero-order chi connectivity index (χ0) is 16.8. The van der Waals surface area contributed by atoms with Crippen LogP contribution in [-0.2, 0) is 9.59 Å². The number of unbranched alkanes of at least 4 members (excludes halogenated alkanes) is 1. The predicted octanol–water partition coefficient (Wildman–Crippen LogP) is 2.01. The predicted molar refractivity (Wildman–Crippen MR) is 89.9 cm³/mol. The molecule has 1 heterocycles. The highest BCUT2D eigenvalue weighted by Crippen LogP contribution is 2.22. The van der Waals surface area contributed by atoms with Crippen LogP contribution in [0.2, 0.25) is 0 Å². The van der Waals surface area contributed by atoms with E-state index in [2.05, 4.69) is 5.32 Å². The van der Waals surface area contributed by atoms with Crippen molar-refractivity contribution in [2.45, 2.75) is 19.8 Å². The Labute approximate surface area is 139 Å². The number of nitrogens with zero attached hydrogens (tertiary/aromatic N) is 1. The second-order valence-corrected chi connectivity index (χ2v) is 5.41. The quantitative estimate of drug-likeness (QED) is 0.587. The Morgan fingerprint density at radius 2 is 2.17 bits per heavy atom. The Balaban J connectivity index is 2.20. The van der Waals surface area contributed by atoms with Crippen molar-refractivity contribution in [1.82, 2.24) is 10.2 Å². The molecule has 2 rings (SSSR count). The number of carbonyl (C=O) groups is 2. The normalized spacial score (nSPS) is 15.9. The number of nitrogens with one attached hydrogen (secondary N) is 1. The molecule has 0 bridgehead atoms. The number of para-hydroxylation sites is 1. The van der Waals surface area contributed by atoms with Crippen LogP contribution < -0.4 is 10.1 Å². The summed E-state index contributed by atoms with van der Waals surface area (Å²) < 4.78 is 5.23. The number of carboxylic acid groups (broad SMARTS) is 1. The number of aliphatic carboxylic acids is 1. The number of carboxylic acids is 1. The number of hydrogen-bond donors (Lipinski definition) is 2. The molecule has 0 unspecified atom stereocenters. The lowest BCUT2D eigenvalue weighted by Crippen LogP contribution is -2.31. The Morgan fingerprint density at radius 1 is 1.43 bits per heavy atom. The monoisotopic (exact) mass is 334 g/mol. The molecule has 0 aromatic heterocycles. The van der Waals surface area contributed by atoms with Crippen LogP contribution in [0.25, 0.3) is 6.08 Å². The SMILES string of the molecule is CCCCN1C(=O)/C(=C\c2ccccc2OCC(=O)O)NC1=S. The number of carbonyl (C=O) groups excluding carboxylic acids is 1. The summed E-state index contributed by atoms with van der Waals surface area (Å²) in [6.07, 6.45) is 3.47. The van der Waals surface area contributed by atoms with Crippen molar-refractivity contribution in [1.29, 1.82) is 0 Å². The topological polar surface area (TPSA) is 78.9 Å². The van der Waals surface area contributed by atoms with Crippen LogP contribution in [0.3, 0.4) is 0 Å². The van der Waals surface area contributed by atoms with E-state index in [9.17, 15) is 9.59 Å². The maximum atomic E-state index is 12.4. The fourth-order valence-corrected chi connectivity index (χ4v) is 2.40. The van der Waals surface area contributed by atoms with Gasteiger partial charge in [-0.15, -0.1) is 0 Å². The fraction of sp³-hybridized carbons (Fsp3) is 0.312. The Bertz CT molecular complexity index is 657. The molecular weight excluding hydrogens is 316 g/mol. The standard InChI is InChI=1S/C16H18N2O4S/c1-2-3-8-18-15(21)12(17-16(18)23)9-11-6-4-5-7-13(11)22-10-14(19)20/h4-7,9H,2-3,8,10H2,1H3,(H,17,23)(H,19,20)/b12-9+. The highest BCUT2D eigenvalue weighted by atomic mass is 32.1. The van der Waals surface area contributed by atoms with Gasteiger partial charge in [-0.2, -0.15) is 0 Å². The molecule has 7 heteroatoms. The van der Waals surface area contributed by atoms with E-state index in [1.165, 1.54) is 4.90 Å². The first-order valence-electron chi connectivity index (χ1n) is 7.31. The smallest absolute Gasteiger partial charge is 0.341 e. The maximum Gasteiger partial charge on any atom is 0.341 e. The van der Waals surface area contributed by atoms with E-state index in [-0.39, 0.29) is 5.91 Å². The van der Waals surface area contributed by atoms with Crippen LogP contribution in [-0.4, -0.2) is 40.1 Å². The van der Waals surface area contributed by atoms with Gasteiger partial charge in [-0.1, -0.05) is 31.5 Å². The van der Waals surface area contributed by atoms with Gasteiger partial charge in [0.2, 0.25) is 0 Å². The minimum atomic E-state index is -1.06. The highest BCUT2D eigenvalue weighted by Gasteiger charge is 2.30. The van der Waals surface area contributed by atoms with Gasteiger partial charge < -0.3 is 15.2 Å². The fourth-order valence-electron chi connectivity index (χ4n) is 2.12. The Kier molecular flexibility index (Phi) is 5.70. The molecule has 1 fully saturated rings. The molecule has 6 nitrogen and oxygen atoms in total. The van der Waals surface area contributed by atoms with Crippen molar-refractivity contribution < 1.29 is 19.4 Å². The number of thiocarbonyl (C=S) groups is 1. The second-order valence-electron chi connectivity index (χ2n) is 5.02. The van der Waals surface area contributed by atoms with Gasteiger partial charge >= 0.3 is 5.97 Å². The van der Waals surface area contributed by atoms with Gasteiger partial charge in [0.05, 0.1) is 0 Å². The average Bonchev–Trinajstić information content (AvgIpc) is 2.78. The average molecular weight is 334 g/mol. The third-order valence-corrected chi connectivity index (χ3v) is 3.59. The summed E-state index contributed by atoms with van der Waals surface area (Å²) in [5, 5.41) is 12.0. The molecule has 1 saturated heterocycles. The summed E-state index contributed by atoms with van der Waals surface area (Å²) in [5.74, 6) is -0.846. The van der Waals surface area contributed by atoms with Crippen molar-refractivity contribution in [2.24, 2.45) is 0 Å². The zero-order valence-corrected chi connectivity index (χ0v) is 13.6. The maximum absolute atomic E-state index is 12.4. The molecule has 1 aromatic carbocycles. The molecule has 1 aliphatic rings. The second kappa shape index (κ2) is 7.73. The lowest BCUT2D eigenvalue weighted by molar-refractivity contribution is -0.139. The molecule has 23 heavy (non-hydrogen) atoms. The van der Waals surface area contributed by atoms with Crippen molar-refractivity contribution >= 4 is 35.3 Å². The van der Waals surface area contributed by atoms with Crippen LogP contribution >= 0.6 is 12.2 Å². The van der Waals surface area contributed by atoms with E-state index >= 15 is 0 Å². The van der Waals surface area contributed by atoms with E-state index in [0.29, 0.717) is 28.7 Å². The molecule has 122 valence electrons. The van der Waals surface area contributed by atoms with Crippen molar-refractivity contribution in [3.63, 3.8) is 0 Å². The largest absolute Gasteiger partial charge is 0.481 e. The molecule has 1 aliphatic heterocycles. The first-order valence-corrected chi connectivity index (χ1v) is 7.72. The van der Waals surface area contributed by atoms with Gasteiger partial charge in [0.15, 0.2) is 11.7 Å². The molecule has 1 amide bonds. The molecule has 2 N–H and O–H groups in total. The summed E-state index contributed by atoms with van der Waals surface area (Å²) in [6, 6.07) is 6.92. The van der Waals surface area contributed by atoms with E-state index in [0.717, 1.165) is 12.8 Å². The summed E-state index contributed by atoms with van der Waals surface area (Å²) in [6.45, 7) is 2.18. The minimum Gasteiger partial charge on any atom is -0.481 e. The van der Waals surface area contributed by atoms with Gasteiger partial charge in [0.25, 0.3) is 5.91 Å². The van der Waals surface area contributed by atoms with Crippen LogP contribution in [0.15, 0.2) is 30.0 Å². The van der Waals surface area contributed by atoms with E-state index < -0.39 is 12.6 Å². The summed E-state index contributed by atoms with van der Waals surface area (Å²) >= 11 is 5.19. The summed E-state index contributed by atoms with van der Waals surface area (Å²) in [4.78, 5) is 24.5. The molecular formula is C16H18N2O4S. The van der Waals surface area contributed by atoms with Crippen LogP contribution in [0, 0.1) is 0 Å². The third kappa shape index (κ3) is 4.29. The van der Waals surface area contributed by atoms with Gasteiger partial charge in [-0.25, -0.2) is 4.79 Å². The van der Waals surface area contributed by atoms with Crippen molar-refractivity contribution in [2.75, 3.05) is 13.2 Å². The van der Waals surface area contributed by atoms with Crippen LogP contribution in [0.5, 0.6) is 5.75 Å². The highest BCUT2D eigenvalue weighted by molar-refractivity contribution is 7.80. The van der Waals surface area contributed by atoms with Gasteiger partial charge in [0, 0.05) is 12.1 Å².